The normalized spacial score (nSPS) is 57.5. The van der Waals surface area contributed by atoms with Crippen LogP contribution in [0.25, 0.3) is 0 Å². The molecule has 4 nitrogen and oxygen atoms in total. The summed E-state index contributed by atoms with van der Waals surface area (Å²) in [7, 11) is 0. The monoisotopic (exact) mass is 394 g/mol. The standard InChI is InChI=1S/C25H30O4/c1-3-28-20(27)6-9-24-19-12-16(19)22-21-15-11-14(15)18-10-13(26)4-7-23(18,2)17(21)5-8-25(22,24)29-24/h6,9-10,14-17,19,21-22H,3-5,7-8,11-12H2,1-2H3/t14-,15+,16-,17?,19+,21?,22?,23-,24+,25-/m1/s1. The molecule has 1 spiro atoms. The Balaban J connectivity index is 1.24. The predicted molar refractivity (Wildman–Crippen MR) is 106 cm³/mol. The van der Waals surface area contributed by atoms with Gasteiger partial charge in [0, 0.05) is 12.5 Å². The Bertz CT molecular complexity index is 902. The number of hydrogen-bond donors (Lipinski definition) is 0. The number of carbonyl (C=O) groups is 2. The number of ether oxygens (including phenoxy) is 2. The van der Waals surface area contributed by atoms with Gasteiger partial charge >= 0.3 is 5.97 Å². The molecule has 1 heterocycles. The topological polar surface area (TPSA) is 55.9 Å². The zero-order chi connectivity index (χ0) is 19.8. The van der Waals surface area contributed by atoms with Crippen molar-refractivity contribution in [3.8, 4) is 0 Å². The molecule has 0 aromatic heterocycles. The lowest BCUT2D eigenvalue weighted by molar-refractivity contribution is -0.137. The van der Waals surface area contributed by atoms with Crippen LogP contribution in [0.3, 0.4) is 0 Å². The molecular formula is C25H30O4. The Morgan fingerprint density at radius 3 is 2.97 bits per heavy atom. The molecule has 3 unspecified atom stereocenters. The Kier molecular flexibility index (Phi) is 3.02. The lowest BCUT2D eigenvalue weighted by Crippen LogP contribution is -2.52. The highest BCUT2D eigenvalue weighted by molar-refractivity contribution is 5.92. The Hall–Kier alpha value is -1.42. The number of esters is 1. The van der Waals surface area contributed by atoms with Crippen LogP contribution >= 0.6 is 0 Å². The van der Waals surface area contributed by atoms with Gasteiger partial charge in [-0.05, 0) is 98.0 Å². The average Bonchev–Trinajstić information content (AvgIpc) is 3.59. The van der Waals surface area contributed by atoms with Crippen molar-refractivity contribution >= 4 is 11.8 Å². The third-order valence-electron chi connectivity index (χ3n) is 10.2. The van der Waals surface area contributed by atoms with E-state index in [2.05, 4.69) is 13.0 Å². The zero-order valence-corrected chi connectivity index (χ0v) is 17.4. The van der Waals surface area contributed by atoms with Crippen LogP contribution in [-0.4, -0.2) is 29.6 Å². The van der Waals surface area contributed by atoms with E-state index in [9.17, 15) is 9.59 Å². The summed E-state index contributed by atoms with van der Waals surface area (Å²) in [5.74, 6) is 5.03. The summed E-state index contributed by atoms with van der Waals surface area (Å²) in [6.45, 7) is 4.73. The predicted octanol–water partition coefficient (Wildman–Crippen LogP) is 3.85. The highest BCUT2D eigenvalue weighted by Gasteiger charge is 2.89. The molecule has 6 aliphatic carbocycles. The van der Waals surface area contributed by atoms with Gasteiger partial charge in [-0.15, -0.1) is 0 Å². The van der Waals surface area contributed by atoms with Crippen LogP contribution < -0.4 is 0 Å². The van der Waals surface area contributed by atoms with Gasteiger partial charge < -0.3 is 9.47 Å². The Morgan fingerprint density at radius 2 is 2.14 bits per heavy atom. The van der Waals surface area contributed by atoms with Crippen LogP contribution in [0.5, 0.6) is 0 Å². The second kappa shape index (κ2) is 5.07. The summed E-state index contributed by atoms with van der Waals surface area (Å²) in [6, 6.07) is 0. The van der Waals surface area contributed by atoms with E-state index in [-0.39, 0.29) is 22.6 Å². The van der Waals surface area contributed by atoms with Crippen molar-refractivity contribution in [1.82, 2.24) is 0 Å². The quantitative estimate of drug-likeness (QED) is 0.414. The smallest absolute Gasteiger partial charge is 0.330 e. The Labute approximate surface area is 172 Å². The Morgan fingerprint density at radius 1 is 1.28 bits per heavy atom. The van der Waals surface area contributed by atoms with Gasteiger partial charge in [-0.1, -0.05) is 12.5 Å². The molecule has 0 aromatic carbocycles. The number of ketones is 1. The first-order valence-corrected chi connectivity index (χ1v) is 11.8. The average molecular weight is 395 g/mol. The second-order valence-electron chi connectivity index (χ2n) is 11.1. The maximum atomic E-state index is 12.2. The molecule has 0 amide bonds. The molecule has 154 valence electrons. The first-order valence-electron chi connectivity index (χ1n) is 11.8. The van der Waals surface area contributed by atoms with Gasteiger partial charge in [-0.3, -0.25) is 4.79 Å². The molecule has 1 saturated heterocycles. The van der Waals surface area contributed by atoms with Gasteiger partial charge in [-0.25, -0.2) is 4.79 Å². The number of fused-ring (bicyclic) bond motifs is 10. The summed E-state index contributed by atoms with van der Waals surface area (Å²) >= 11 is 0. The third-order valence-corrected chi connectivity index (χ3v) is 10.2. The highest BCUT2D eigenvalue weighted by Crippen LogP contribution is 2.85. The molecule has 29 heavy (non-hydrogen) atoms. The molecule has 0 radical (unpaired) electrons. The molecule has 0 aromatic rings. The summed E-state index contributed by atoms with van der Waals surface area (Å²) in [4.78, 5) is 24.1. The summed E-state index contributed by atoms with van der Waals surface area (Å²) in [6.07, 6.45) is 12.4. The van der Waals surface area contributed by atoms with Crippen molar-refractivity contribution < 1.29 is 19.1 Å². The van der Waals surface area contributed by atoms with Crippen molar-refractivity contribution in [2.75, 3.05) is 6.61 Å². The summed E-state index contributed by atoms with van der Waals surface area (Å²) in [5, 5.41) is 0. The molecule has 10 atom stereocenters. The van der Waals surface area contributed by atoms with Crippen molar-refractivity contribution in [2.24, 2.45) is 46.8 Å². The molecule has 0 bridgehead atoms. The molecule has 4 heteroatoms. The van der Waals surface area contributed by atoms with E-state index >= 15 is 0 Å². The van der Waals surface area contributed by atoms with Crippen LogP contribution in [0.4, 0.5) is 0 Å². The molecule has 7 rings (SSSR count). The van der Waals surface area contributed by atoms with Gasteiger partial charge in [0.25, 0.3) is 0 Å². The summed E-state index contributed by atoms with van der Waals surface area (Å²) in [5.41, 5.74) is 1.53. The lowest BCUT2D eigenvalue weighted by atomic mass is 9.49. The van der Waals surface area contributed by atoms with Gasteiger partial charge in [-0.2, -0.15) is 0 Å². The van der Waals surface area contributed by atoms with E-state index in [1.807, 2.05) is 13.0 Å². The van der Waals surface area contributed by atoms with E-state index in [1.54, 1.807) is 6.08 Å². The van der Waals surface area contributed by atoms with Gasteiger partial charge in [0.05, 0.1) is 6.61 Å². The number of carbonyl (C=O) groups excluding carboxylic acids is 2. The van der Waals surface area contributed by atoms with Gasteiger partial charge in [0.2, 0.25) is 0 Å². The number of allylic oxidation sites excluding steroid dienone is 1. The highest BCUT2D eigenvalue weighted by atomic mass is 16.6. The first kappa shape index (κ1) is 17.3. The van der Waals surface area contributed by atoms with Crippen LogP contribution in [0, 0.1) is 46.8 Å². The number of hydrogen-bond acceptors (Lipinski definition) is 4. The third kappa shape index (κ3) is 1.87. The number of epoxide rings is 1. The van der Waals surface area contributed by atoms with Crippen molar-refractivity contribution in [2.45, 2.75) is 63.6 Å². The van der Waals surface area contributed by atoms with Crippen molar-refractivity contribution in [3.05, 3.63) is 23.8 Å². The molecule has 1 aliphatic heterocycles. The van der Waals surface area contributed by atoms with E-state index in [0.717, 1.165) is 37.0 Å². The van der Waals surface area contributed by atoms with E-state index < -0.39 is 0 Å². The molecule has 0 N–H and O–H groups in total. The second-order valence-corrected chi connectivity index (χ2v) is 11.1. The van der Waals surface area contributed by atoms with E-state index in [1.165, 1.54) is 24.8 Å². The van der Waals surface area contributed by atoms with Crippen molar-refractivity contribution in [3.63, 3.8) is 0 Å². The summed E-state index contributed by atoms with van der Waals surface area (Å²) < 4.78 is 11.8. The molecule has 7 aliphatic rings. The van der Waals surface area contributed by atoms with Gasteiger partial charge in [0.15, 0.2) is 5.78 Å². The van der Waals surface area contributed by atoms with E-state index in [0.29, 0.717) is 36.1 Å². The van der Waals surface area contributed by atoms with Crippen LogP contribution in [-0.2, 0) is 19.1 Å². The largest absolute Gasteiger partial charge is 0.463 e. The van der Waals surface area contributed by atoms with Crippen LogP contribution in [0.15, 0.2) is 23.8 Å². The fourth-order valence-electron chi connectivity index (χ4n) is 9.12. The zero-order valence-electron chi connectivity index (χ0n) is 17.4. The van der Waals surface area contributed by atoms with Crippen LogP contribution in [0.1, 0.15) is 52.4 Å². The maximum Gasteiger partial charge on any atom is 0.330 e. The van der Waals surface area contributed by atoms with Crippen LogP contribution in [0.2, 0.25) is 0 Å². The van der Waals surface area contributed by atoms with Gasteiger partial charge in [0.1, 0.15) is 11.2 Å². The fraction of sp³-hybridized carbons (Fsp3) is 0.760. The minimum atomic E-state index is -0.240. The molecule has 6 fully saturated rings. The maximum absolute atomic E-state index is 12.2. The number of rotatable bonds is 3. The fourth-order valence-corrected chi connectivity index (χ4v) is 9.12. The SMILES string of the molecule is CCOC(=O)C=C[C@@]12O[C@@]13CCC1C(C3[C@@H]3C[C@@H]32)[C@H]2C[C@H]2C2=CC(=O)CC[C@@]21C. The minimum absolute atomic E-state index is 0.0139. The lowest BCUT2D eigenvalue weighted by Gasteiger charge is -2.55. The molecular weight excluding hydrogens is 364 g/mol. The van der Waals surface area contributed by atoms with Crippen molar-refractivity contribution in [1.29, 1.82) is 0 Å². The minimum Gasteiger partial charge on any atom is -0.463 e. The van der Waals surface area contributed by atoms with E-state index in [4.69, 9.17) is 9.47 Å². The molecule has 5 saturated carbocycles. The first-order chi connectivity index (χ1) is 14.0.